The highest BCUT2D eigenvalue weighted by atomic mass is 35.5. The van der Waals surface area contributed by atoms with Gasteiger partial charge in [0.25, 0.3) is 15.5 Å². The van der Waals surface area contributed by atoms with Gasteiger partial charge in [-0.1, -0.05) is 11.6 Å². The van der Waals surface area contributed by atoms with Gasteiger partial charge in [-0.3, -0.25) is 20.2 Å². The zero-order valence-electron chi connectivity index (χ0n) is 6.72. The largest absolute Gasteiger partial charge is 0.435 e. The lowest BCUT2D eigenvalue weighted by molar-refractivity contribution is -0.504. The van der Waals surface area contributed by atoms with Crippen molar-refractivity contribution in [2.75, 3.05) is 5.75 Å². The first-order valence-electron chi connectivity index (χ1n) is 3.24. The third kappa shape index (κ3) is 1.46. The van der Waals surface area contributed by atoms with Crippen LogP contribution >= 0.6 is 23.2 Å². The van der Waals surface area contributed by atoms with E-state index < -0.39 is 40.5 Å². The van der Waals surface area contributed by atoms with Gasteiger partial charge in [-0.25, -0.2) is 8.42 Å². The van der Waals surface area contributed by atoms with Crippen molar-refractivity contribution in [3.05, 3.63) is 31.0 Å². The predicted molar refractivity (Wildman–Crippen MR) is 49.2 cm³/mol. The molecule has 0 aromatic heterocycles. The molecule has 1 aliphatic rings. The molecule has 0 saturated carbocycles. The maximum Gasteiger partial charge on any atom is 0.435 e. The number of halogens is 2. The van der Waals surface area contributed by atoms with Gasteiger partial charge in [0, 0.05) is 0 Å². The number of hydrogen-bond donors (Lipinski definition) is 0. The molecule has 0 amide bonds. The van der Waals surface area contributed by atoms with Gasteiger partial charge in [-0.15, -0.1) is 0 Å². The van der Waals surface area contributed by atoms with Crippen molar-refractivity contribution in [2.45, 2.75) is 4.33 Å². The third-order valence-corrected chi connectivity index (χ3v) is 5.28. The summed E-state index contributed by atoms with van der Waals surface area (Å²) in [6.07, 6.45) is 0. The zero-order chi connectivity index (χ0) is 12.0. The van der Waals surface area contributed by atoms with Crippen molar-refractivity contribution in [1.82, 2.24) is 0 Å². The van der Waals surface area contributed by atoms with Crippen LogP contribution in [-0.2, 0) is 9.84 Å². The quantitative estimate of drug-likeness (QED) is 0.310. The third-order valence-electron chi connectivity index (χ3n) is 1.72. The van der Waals surface area contributed by atoms with Crippen LogP contribution in [0, 0.1) is 20.2 Å². The molecule has 1 heterocycles. The number of nitro groups is 2. The fraction of sp³-hybridized carbons (Fsp3) is 0.500. The monoisotopic (exact) mass is 276 g/mol. The standard InChI is InChI=1S/C4H2Cl2N2O6S/c5-3-2(7(9)10)1-15(13,14)4(3,6)8(11)12/h1H2. The molecule has 1 aliphatic heterocycles. The van der Waals surface area contributed by atoms with E-state index >= 15 is 0 Å². The molecular weight excluding hydrogens is 275 g/mol. The van der Waals surface area contributed by atoms with E-state index in [1.807, 2.05) is 0 Å². The Balaban J connectivity index is 3.52. The van der Waals surface area contributed by atoms with Gasteiger partial charge in [0.2, 0.25) is 5.03 Å². The van der Waals surface area contributed by atoms with Crippen LogP contribution in [0.3, 0.4) is 0 Å². The SMILES string of the molecule is O=[N+]([O-])C1=C(Cl)C(Cl)([N+](=O)[O-])S(=O)(=O)C1. The molecular formula is C4H2Cl2N2O6S. The average Bonchev–Trinajstić information content (AvgIpc) is 2.27. The minimum Gasteiger partial charge on any atom is -0.261 e. The van der Waals surface area contributed by atoms with E-state index in [-0.39, 0.29) is 0 Å². The predicted octanol–water partition coefficient (Wildman–Crippen LogP) is 0.311. The van der Waals surface area contributed by atoms with Gasteiger partial charge in [-0.2, -0.15) is 0 Å². The summed E-state index contributed by atoms with van der Waals surface area (Å²) in [4.78, 5) is 18.3. The van der Waals surface area contributed by atoms with Gasteiger partial charge >= 0.3 is 4.33 Å². The van der Waals surface area contributed by atoms with Crippen LogP contribution in [0.1, 0.15) is 0 Å². The summed E-state index contributed by atoms with van der Waals surface area (Å²) in [5, 5.41) is 19.7. The summed E-state index contributed by atoms with van der Waals surface area (Å²) in [6.45, 7) is 0. The number of nitrogens with zero attached hydrogens (tertiary/aromatic N) is 2. The van der Waals surface area contributed by atoms with E-state index in [1.165, 1.54) is 0 Å². The molecule has 1 unspecified atom stereocenters. The highest BCUT2D eigenvalue weighted by Gasteiger charge is 2.67. The first kappa shape index (κ1) is 12.1. The van der Waals surface area contributed by atoms with Gasteiger partial charge < -0.3 is 0 Å². The summed E-state index contributed by atoms with van der Waals surface area (Å²) in [5.41, 5.74) is -0.969. The number of alkyl halides is 1. The van der Waals surface area contributed by atoms with E-state index in [1.54, 1.807) is 0 Å². The Labute approximate surface area is 92.7 Å². The van der Waals surface area contributed by atoms with Crippen LogP contribution in [0.2, 0.25) is 0 Å². The zero-order valence-corrected chi connectivity index (χ0v) is 9.04. The Hall–Kier alpha value is -0.930. The molecule has 0 bridgehead atoms. The molecule has 0 aromatic rings. The number of rotatable bonds is 2. The van der Waals surface area contributed by atoms with Crippen LogP contribution in [0.25, 0.3) is 0 Å². The molecule has 0 aromatic carbocycles. The van der Waals surface area contributed by atoms with E-state index in [0.29, 0.717) is 0 Å². The maximum absolute atomic E-state index is 11.2. The lowest BCUT2D eigenvalue weighted by atomic mass is 10.4. The van der Waals surface area contributed by atoms with Crippen molar-refractivity contribution in [3.8, 4) is 0 Å². The number of sulfone groups is 1. The molecule has 0 N–H and O–H groups in total. The minimum atomic E-state index is -4.51. The van der Waals surface area contributed by atoms with E-state index in [2.05, 4.69) is 0 Å². The van der Waals surface area contributed by atoms with E-state index in [0.717, 1.165) is 0 Å². The molecule has 84 valence electrons. The summed E-state index contributed by atoms with van der Waals surface area (Å²) in [5.74, 6) is -1.15. The molecule has 11 heteroatoms. The van der Waals surface area contributed by atoms with Crippen molar-refractivity contribution in [3.63, 3.8) is 0 Å². The second-order valence-corrected chi connectivity index (χ2v) is 5.85. The highest BCUT2D eigenvalue weighted by Crippen LogP contribution is 2.43. The molecule has 0 aliphatic carbocycles. The van der Waals surface area contributed by atoms with Crippen LogP contribution in [0.5, 0.6) is 0 Å². The Morgan fingerprint density at radius 3 is 2.00 bits per heavy atom. The minimum absolute atomic E-state index is 0.969. The second kappa shape index (κ2) is 3.29. The summed E-state index contributed by atoms with van der Waals surface area (Å²) < 4.78 is 19.4. The molecule has 0 radical (unpaired) electrons. The molecule has 15 heavy (non-hydrogen) atoms. The van der Waals surface area contributed by atoms with Gasteiger partial charge in [0.1, 0.15) is 0 Å². The summed E-state index contributed by atoms with van der Waals surface area (Å²) in [6, 6.07) is 0. The Kier molecular flexibility index (Phi) is 2.66. The topological polar surface area (TPSA) is 120 Å². The summed E-state index contributed by atoms with van der Waals surface area (Å²) in [7, 11) is -4.51. The van der Waals surface area contributed by atoms with Gasteiger partial charge in [-0.05, 0) is 11.6 Å². The van der Waals surface area contributed by atoms with E-state index in [9.17, 15) is 28.6 Å². The van der Waals surface area contributed by atoms with Crippen molar-refractivity contribution in [2.24, 2.45) is 0 Å². The smallest absolute Gasteiger partial charge is 0.261 e. The fourth-order valence-corrected chi connectivity index (χ4v) is 3.31. The van der Waals surface area contributed by atoms with Crippen LogP contribution in [-0.4, -0.2) is 28.3 Å². The van der Waals surface area contributed by atoms with Crippen molar-refractivity contribution in [1.29, 1.82) is 0 Å². The molecule has 8 nitrogen and oxygen atoms in total. The molecule has 0 fully saturated rings. The Bertz CT molecular complexity index is 483. The average molecular weight is 277 g/mol. The lowest BCUT2D eigenvalue weighted by Gasteiger charge is -2.09. The van der Waals surface area contributed by atoms with Gasteiger partial charge in [0.05, 0.1) is 9.85 Å². The van der Waals surface area contributed by atoms with Crippen LogP contribution < -0.4 is 0 Å². The normalized spacial score (nSPS) is 29.2. The van der Waals surface area contributed by atoms with Crippen LogP contribution in [0.4, 0.5) is 0 Å². The highest BCUT2D eigenvalue weighted by molar-refractivity contribution is 7.94. The maximum atomic E-state index is 11.2. The lowest BCUT2D eigenvalue weighted by Crippen LogP contribution is -2.38. The first-order valence-corrected chi connectivity index (χ1v) is 5.64. The Morgan fingerprint density at radius 1 is 1.33 bits per heavy atom. The van der Waals surface area contributed by atoms with Gasteiger partial charge in [0.15, 0.2) is 5.75 Å². The number of hydrogen-bond acceptors (Lipinski definition) is 6. The molecule has 1 atom stereocenters. The summed E-state index contributed by atoms with van der Waals surface area (Å²) >= 11 is 10.5. The first-order chi connectivity index (χ1) is 6.64. The van der Waals surface area contributed by atoms with Crippen molar-refractivity contribution < 1.29 is 18.3 Å². The molecule has 0 saturated heterocycles. The molecule has 1 rings (SSSR count). The molecule has 0 spiro atoms. The fourth-order valence-electron chi connectivity index (χ4n) is 0.980. The second-order valence-electron chi connectivity index (χ2n) is 2.60. The Morgan fingerprint density at radius 2 is 1.80 bits per heavy atom. The van der Waals surface area contributed by atoms with E-state index in [4.69, 9.17) is 23.2 Å². The van der Waals surface area contributed by atoms with Crippen LogP contribution in [0.15, 0.2) is 10.7 Å². The van der Waals surface area contributed by atoms with Crippen molar-refractivity contribution >= 4 is 33.0 Å².